The summed E-state index contributed by atoms with van der Waals surface area (Å²) in [5.41, 5.74) is 2.13. The van der Waals surface area contributed by atoms with Crippen LogP contribution in [0.5, 0.6) is 0 Å². The summed E-state index contributed by atoms with van der Waals surface area (Å²) in [5, 5.41) is 3.91. The third-order valence-corrected chi connectivity index (χ3v) is 3.31. The van der Waals surface area contributed by atoms with Crippen molar-refractivity contribution >= 4 is 27.5 Å². The van der Waals surface area contributed by atoms with Crippen molar-refractivity contribution in [3.05, 3.63) is 57.5 Å². The maximum Gasteiger partial charge on any atom is 0.0589 e. The Morgan fingerprint density at radius 1 is 1.33 bits per heavy atom. The molecule has 1 unspecified atom stereocenters. The van der Waals surface area contributed by atoms with Crippen LogP contribution in [0.4, 0.5) is 0 Å². The molecule has 18 heavy (non-hydrogen) atoms. The van der Waals surface area contributed by atoms with Gasteiger partial charge in [0.2, 0.25) is 0 Å². The van der Waals surface area contributed by atoms with Crippen LogP contribution in [0.2, 0.25) is 5.02 Å². The van der Waals surface area contributed by atoms with E-state index in [1.54, 1.807) is 12.4 Å². The second kappa shape index (κ2) is 6.27. The molecule has 0 aliphatic rings. The molecule has 0 saturated heterocycles. The second-order valence-corrected chi connectivity index (χ2v) is 5.31. The molecule has 0 aliphatic heterocycles. The number of hydrogen-bond acceptors (Lipinski definition) is 3. The Bertz CT molecular complexity index is 516. The Labute approximate surface area is 120 Å². The van der Waals surface area contributed by atoms with Gasteiger partial charge < -0.3 is 5.32 Å². The predicted octanol–water partition coefficient (Wildman–Crippen LogP) is 3.40. The number of likely N-dealkylation sites (N-methyl/N-ethyl adjacent to an activating group) is 1. The van der Waals surface area contributed by atoms with Gasteiger partial charge in [-0.05, 0) is 53.2 Å². The van der Waals surface area contributed by atoms with Gasteiger partial charge in [-0.15, -0.1) is 0 Å². The molecule has 2 rings (SSSR count). The third-order valence-electron chi connectivity index (χ3n) is 2.66. The number of aromatic nitrogens is 2. The standard InChI is InChI=1S/C13H13BrClN3/c1-16-13(12-3-2-11(15)8-18-12)5-9-4-10(14)7-17-6-9/h2-4,6-8,13,16H,5H2,1H3. The van der Waals surface area contributed by atoms with E-state index in [4.69, 9.17) is 11.6 Å². The van der Waals surface area contributed by atoms with E-state index in [0.29, 0.717) is 5.02 Å². The van der Waals surface area contributed by atoms with Crippen LogP contribution in [0, 0.1) is 0 Å². The van der Waals surface area contributed by atoms with Gasteiger partial charge in [0.15, 0.2) is 0 Å². The Kier molecular flexibility index (Phi) is 4.69. The summed E-state index contributed by atoms with van der Waals surface area (Å²) < 4.78 is 0.985. The van der Waals surface area contributed by atoms with E-state index in [1.165, 1.54) is 0 Å². The molecule has 5 heteroatoms. The third kappa shape index (κ3) is 3.51. The van der Waals surface area contributed by atoms with Crippen molar-refractivity contribution < 1.29 is 0 Å². The van der Waals surface area contributed by atoms with Gasteiger partial charge in [-0.1, -0.05) is 11.6 Å². The van der Waals surface area contributed by atoms with Crippen molar-refractivity contribution in [2.75, 3.05) is 7.05 Å². The summed E-state index contributed by atoms with van der Waals surface area (Å²) in [6.07, 6.45) is 6.14. The number of pyridine rings is 2. The Balaban J connectivity index is 2.17. The topological polar surface area (TPSA) is 37.8 Å². The van der Waals surface area contributed by atoms with Crippen LogP contribution >= 0.6 is 27.5 Å². The second-order valence-electron chi connectivity index (χ2n) is 3.96. The zero-order valence-electron chi connectivity index (χ0n) is 9.90. The van der Waals surface area contributed by atoms with Crippen molar-refractivity contribution in [3.63, 3.8) is 0 Å². The number of halogens is 2. The normalized spacial score (nSPS) is 12.4. The summed E-state index contributed by atoms with van der Waals surface area (Å²) in [6, 6.07) is 6.01. The van der Waals surface area contributed by atoms with E-state index in [1.807, 2.05) is 25.4 Å². The Morgan fingerprint density at radius 2 is 2.17 bits per heavy atom. The fourth-order valence-corrected chi connectivity index (χ4v) is 2.28. The quantitative estimate of drug-likeness (QED) is 0.936. The highest BCUT2D eigenvalue weighted by Crippen LogP contribution is 2.19. The van der Waals surface area contributed by atoms with Gasteiger partial charge in [0.1, 0.15) is 0 Å². The van der Waals surface area contributed by atoms with Crippen LogP contribution in [-0.2, 0) is 6.42 Å². The first kappa shape index (κ1) is 13.5. The molecule has 0 amide bonds. The number of nitrogens with one attached hydrogen (secondary N) is 1. The SMILES string of the molecule is CNC(Cc1cncc(Br)c1)c1ccc(Cl)cn1. The van der Waals surface area contributed by atoms with Gasteiger partial charge in [-0.3, -0.25) is 9.97 Å². The van der Waals surface area contributed by atoms with Crippen LogP contribution in [0.3, 0.4) is 0 Å². The molecule has 0 spiro atoms. The maximum atomic E-state index is 5.84. The minimum absolute atomic E-state index is 0.151. The van der Waals surface area contributed by atoms with E-state index in [-0.39, 0.29) is 6.04 Å². The van der Waals surface area contributed by atoms with Gasteiger partial charge in [-0.25, -0.2) is 0 Å². The first-order valence-electron chi connectivity index (χ1n) is 5.57. The first-order chi connectivity index (χ1) is 8.69. The van der Waals surface area contributed by atoms with Gasteiger partial charge >= 0.3 is 0 Å². The van der Waals surface area contributed by atoms with Crippen molar-refractivity contribution in [1.82, 2.24) is 15.3 Å². The van der Waals surface area contributed by atoms with Crippen LogP contribution in [-0.4, -0.2) is 17.0 Å². The van der Waals surface area contributed by atoms with E-state index in [2.05, 4.69) is 37.3 Å². The molecule has 0 aliphatic carbocycles. The van der Waals surface area contributed by atoms with Gasteiger partial charge in [0.05, 0.1) is 16.8 Å². The highest BCUT2D eigenvalue weighted by Gasteiger charge is 2.11. The average Bonchev–Trinajstić information content (AvgIpc) is 2.37. The molecule has 0 bridgehead atoms. The number of hydrogen-bond donors (Lipinski definition) is 1. The van der Waals surface area contributed by atoms with Gasteiger partial charge in [-0.2, -0.15) is 0 Å². The average molecular weight is 327 g/mol. The first-order valence-corrected chi connectivity index (χ1v) is 6.74. The van der Waals surface area contributed by atoms with Crippen molar-refractivity contribution in [2.24, 2.45) is 0 Å². The Morgan fingerprint density at radius 3 is 2.78 bits per heavy atom. The molecule has 0 fully saturated rings. The summed E-state index contributed by atoms with van der Waals surface area (Å²) in [6.45, 7) is 0. The van der Waals surface area contributed by atoms with Crippen LogP contribution in [0.1, 0.15) is 17.3 Å². The lowest BCUT2D eigenvalue weighted by molar-refractivity contribution is 0.575. The lowest BCUT2D eigenvalue weighted by Crippen LogP contribution is -2.20. The predicted molar refractivity (Wildman–Crippen MR) is 76.7 cm³/mol. The van der Waals surface area contributed by atoms with Crippen LogP contribution in [0.15, 0.2) is 41.3 Å². The monoisotopic (exact) mass is 325 g/mol. The molecule has 0 saturated carbocycles. The molecule has 1 atom stereocenters. The molecule has 94 valence electrons. The highest BCUT2D eigenvalue weighted by atomic mass is 79.9. The summed E-state index contributed by atoms with van der Waals surface area (Å²) >= 11 is 9.27. The van der Waals surface area contributed by atoms with Crippen LogP contribution in [0.25, 0.3) is 0 Å². The fraction of sp³-hybridized carbons (Fsp3) is 0.231. The summed E-state index contributed by atoms with van der Waals surface area (Å²) in [7, 11) is 1.92. The molecule has 2 aromatic heterocycles. The largest absolute Gasteiger partial charge is 0.311 e. The lowest BCUT2D eigenvalue weighted by Gasteiger charge is -2.15. The molecule has 3 nitrogen and oxygen atoms in total. The van der Waals surface area contributed by atoms with E-state index in [9.17, 15) is 0 Å². The van der Waals surface area contributed by atoms with Crippen molar-refractivity contribution in [2.45, 2.75) is 12.5 Å². The summed E-state index contributed by atoms with van der Waals surface area (Å²) in [5.74, 6) is 0. The van der Waals surface area contributed by atoms with Crippen LogP contribution < -0.4 is 5.32 Å². The number of rotatable bonds is 4. The highest BCUT2D eigenvalue weighted by molar-refractivity contribution is 9.10. The Hall–Kier alpha value is -0.970. The summed E-state index contributed by atoms with van der Waals surface area (Å²) in [4.78, 5) is 8.50. The maximum absolute atomic E-state index is 5.84. The minimum Gasteiger partial charge on any atom is -0.311 e. The molecule has 0 radical (unpaired) electrons. The molecular formula is C13H13BrClN3. The molecule has 2 aromatic rings. The number of nitrogens with zero attached hydrogens (tertiary/aromatic N) is 2. The van der Waals surface area contributed by atoms with Crippen molar-refractivity contribution in [3.8, 4) is 0 Å². The minimum atomic E-state index is 0.151. The molecule has 1 N–H and O–H groups in total. The fourth-order valence-electron chi connectivity index (χ4n) is 1.75. The molecule has 2 heterocycles. The zero-order valence-corrected chi connectivity index (χ0v) is 12.2. The molecule has 0 aromatic carbocycles. The van der Waals surface area contributed by atoms with Gasteiger partial charge in [0, 0.05) is 23.1 Å². The van der Waals surface area contributed by atoms with E-state index in [0.717, 1.165) is 22.2 Å². The van der Waals surface area contributed by atoms with Crippen molar-refractivity contribution in [1.29, 1.82) is 0 Å². The van der Waals surface area contributed by atoms with Gasteiger partial charge in [0.25, 0.3) is 0 Å². The van der Waals surface area contributed by atoms with E-state index >= 15 is 0 Å². The molecular weight excluding hydrogens is 314 g/mol. The zero-order chi connectivity index (χ0) is 13.0. The smallest absolute Gasteiger partial charge is 0.0589 e. The lowest BCUT2D eigenvalue weighted by atomic mass is 10.0. The van der Waals surface area contributed by atoms with E-state index < -0.39 is 0 Å².